The number of aromatic nitrogens is 3. The number of thioether (sulfide) groups is 1. The number of carbonyl (C=O) groups excluding carboxylic acids is 2. The molecule has 0 radical (unpaired) electrons. The van der Waals surface area contributed by atoms with Gasteiger partial charge in [-0.1, -0.05) is 48.5 Å². The number of benzene rings is 2. The van der Waals surface area contributed by atoms with E-state index in [1.165, 1.54) is 6.92 Å². The molecule has 0 aliphatic rings. The number of carbonyl (C=O) groups is 2. The van der Waals surface area contributed by atoms with Crippen LogP contribution in [0.4, 0.5) is 11.4 Å². The normalized spacial score (nSPS) is 11.6. The zero-order valence-electron chi connectivity index (χ0n) is 16.8. The molecule has 0 bridgehead atoms. The Bertz CT molecular complexity index is 1150. The highest BCUT2D eigenvalue weighted by molar-refractivity contribution is 8.00. The molecule has 0 unspecified atom stereocenters. The van der Waals surface area contributed by atoms with Crippen molar-refractivity contribution in [1.29, 1.82) is 0 Å². The highest BCUT2D eigenvalue weighted by Crippen LogP contribution is 2.26. The number of halogens is 1. The molecule has 1 atom stereocenters. The van der Waals surface area contributed by atoms with Gasteiger partial charge in [0.05, 0.1) is 10.9 Å². The summed E-state index contributed by atoms with van der Waals surface area (Å²) in [5.41, 5.74) is 1.15. The number of H-pyrrole nitrogens is 1. The minimum atomic E-state index is -0.488. The monoisotopic (exact) mass is 457 g/mol. The molecule has 0 saturated heterocycles. The summed E-state index contributed by atoms with van der Waals surface area (Å²) in [4.78, 5) is 39.3. The minimum absolute atomic E-state index is 0.0763. The van der Waals surface area contributed by atoms with Gasteiger partial charge in [0.2, 0.25) is 11.8 Å². The Hall–Kier alpha value is -3.17. The Morgan fingerprint density at radius 2 is 1.81 bits per heavy atom. The van der Waals surface area contributed by atoms with Gasteiger partial charge in [0.25, 0.3) is 5.56 Å². The quantitative estimate of drug-likeness (QED) is 0.462. The molecule has 3 rings (SSSR count). The summed E-state index contributed by atoms with van der Waals surface area (Å²) >= 11 is 6.98. The standard InChI is InChI=1S/C21H20ClN5O3S/c1-3-17(19(29)24-14-10-8-13(22)9-11-14)31-21-25-20(30)18(26-27-21)15-6-4-5-7-16(15)23-12(2)28/h4-11,17H,3H2,1-2H3,(H,23,28)(H,24,29)(H,25,27,30)/t17-/m1/s1. The van der Waals surface area contributed by atoms with Gasteiger partial charge >= 0.3 is 0 Å². The van der Waals surface area contributed by atoms with Gasteiger partial charge in [-0.3, -0.25) is 19.4 Å². The molecule has 1 heterocycles. The van der Waals surface area contributed by atoms with Crippen LogP contribution in [0.5, 0.6) is 0 Å². The Kier molecular flexibility index (Phi) is 7.43. The minimum Gasteiger partial charge on any atom is -0.326 e. The van der Waals surface area contributed by atoms with E-state index < -0.39 is 10.8 Å². The predicted molar refractivity (Wildman–Crippen MR) is 122 cm³/mol. The predicted octanol–water partition coefficient (Wildman–Crippen LogP) is 3.95. The second-order valence-corrected chi connectivity index (χ2v) is 8.17. The molecular formula is C21H20ClN5O3S. The number of rotatable bonds is 7. The van der Waals surface area contributed by atoms with Gasteiger partial charge in [0.15, 0.2) is 10.9 Å². The van der Waals surface area contributed by atoms with E-state index in [1.807, 2.05) is 6.92 Å². The van der Waals surface area contributed by atoms with Gasteiger partial charge < -0.3 is 10.6 Å². The van der Waals surface area contributed by atoms with E-state index in [2.05, 4.69) is 25.8 Å². The average Bonchev–Trinajstić information content (AvgIpc) is 2.74. The van der Waals surface area contributed by atoms with Crippen LogP contribution < -0.4 is 16.2 Å². The van der Waals surface area contributed by atoms with Crippen molar-refractivity contribution in [2.45, 2.75) is 30.7 Å². The first kappa shape index (κ1) is 22.5. The molecular weight excluding hydrogens is 438 g/mol. The summed E-state index contributed by atoms with van der Waals surface area (Å²) in [6.45, 7) is 3.25. The van der Waals surface area contributed by atoms with Gasteiger partial charge in [-0.15, -0.1) is 10.2 Å². The smallest absolute Gasteiger partial charge is 0.278 e. The maximum atomic E-state index is 12.6. The largest absolute Gasteiger partial charge is 0.326 e. The van der Waals surface area contributed by atoms with Crippen molar-refractivity contribution in [3.63, 3.8) is 0 Å². The van der Waals surface area contributed by atoms with Gasteiger partial charge in [0, 0.05) is 23.2 Å². The third kappa shape index (κ3) is 5.93. The van der Waals surface area contributed by atoms with Crippen LogP contribution in [-0.4, -0.2) is 32.2 Å². The second-order valence-electron chi connectivity index (χ2n) is 6.55. The maximum absolute atomic E-state index is 12.6. The summed E-state index contributed by atoms with van der Waals surface area (Å²) in [5, 5.41) is 13.9. The number of amides is 2. The maximum Gasteiger partial charge on any atom is 0.278 e. The van der Waals surface area contributed by atoms with Crippen LogP contribution in [0.15, 0.2) is 58.5 Å². The zero-order valence-corrected chi connectivity index (χ0v) is 18.4. The van der Waals surface area contributed by atoms with Crippen molar-refractivity contribution in [1.82, 2.24) is 15.2 Å². The third-order valence-electron chi connectivity index (χ3n) is 4.20. The third-order valence-corrected chi connectivity index (χ3v) is 5.69. The SMILES string of the molecule is CC[C@@H](Sc1nnc(-c2ccccc2NC(C)=O)c(=O)[nH]1)C(=O)Nc1ccc(Cl)cc1. The fourth-order valence-electron chi connectivity index (χ4n) is 2.75. The number of aromatic amines is 1. The van der Waals surface area contributed by atoms with Gasteiger partial charge in [0.1, 0.15) is 0 Å². The highest BCUT2D eigenvalue weighted by atomic mass is 35.5. The van der Waals surface area contributed by atoms with Crippen LogP contribution in [0, 0.1) is 0 Å². The van der Waals surface area contributed by atoms with E-state index in [0.717, 1.165) is 11.8 Å². The summed E-state index contributed by atoms with van der Waals surface area (Å²) in [6, 6.07) is 13.6. The molecule has 8 nitrogen and oxygen atoms in total. The molecule has 0 aliphatic carbocycles. The van der Waals surface area contributed by atoms with E-state index in [9.17, 15) is 14.4 Å². The summed E-state index contributed by atoms with van der Waals surface area (Å²) in [6.07, 6.45) is 0.515. The lowest BCUT2D eigenvalue weighted by Gasteiger charge is -2.14. The van der Waals surface area contributed by atoms with E-state index in [4.69, 9.17) is 11.6 Å². The average molecular weight is 458 g/mol. The molecule has 160 valence electrons. The first-order valence-electron chi connectivity index (χ1n) is 9.44. The number of nitrogens with zero attached hydrogens (tertiary/aromatic N) is 2. The molecule has 0 fully saturated rings. The lowest BCUT2D eigenvalue weighted by atomic mass is 10.1. The van der Waals surface area contributed by atoms with Crippen molar-refractivity contribution in [3.8, 4) is 11.3 Å². The number of anilines is 2. The number of hydrogen-bond acceptors (Lipinski definition) is 6. The van der Waals surface area contributed by atoms with Crippen molar-refractivity contribution in [2.75, 3.05) is 10.6 Å². The first-order valence-corrected chi connectivity index (χ1v) is 10.7. The number of hydrogen-bond donors (Lipinski definition) is 3. The summed E-state index contributed by atoms with van der Waals surface area (Å²) in [7, 11) is 0. The molecule has 2 aromatic carbocycles. The summed E-state index contributed by atoms with van der Waals surface area (Å²) in [5.74, 6) is -0.487. The van der Waals surface area contributed by atoms with Gasteiger partial charge in [-0.25, -0.2) is 0 Å². The molecule has 0 spiro atoms. The van der Waals surface area contributed by atoms with Gasteiger partial charge in [-0.2, -0.15) is 0 Å². The fourth-order valence-corrected chi connectivity index (χ4v) is 3.72. The molecule has 10 heteroatoms. The van der Waals surface area contributed by atoms with E-state index >= 15 is 0 Å². The Morgan fingerprint density at radius 3 is 2.45 bits per heavy atom. The van der Waals surface area contributed by atoms with E-state index in [0.29, 0.717) is 28.4 Å². The van der Waals surface area contributed by atoms with Crippen LogP contribution in [0.2, 0.25) is 5.02 Å². The van der Waals surface area contributed by atoms with Gasteiger partial charge in [-0.05, 0) is 36.8 Å². The van der Waals surface area contributed by atoms with E-state index in [-0.39, 0.29) is 22.7 Å². The Morgan fingerprint density at radius 1 is 1.10 bits per heavy atom. The fraction of sp³-hybridized carbons (Fsp3) is 0.190. The Balaban J connectivity index is 1.78. The van der Waals surface area contributed by atoms with Crippen LogP contribution in [0.1, 0.15) is 20.3 Å². The molecule has 3 N–H and O–H groups in total. The second kappa shape index (κ2) is 10.2. The lowest BCUT2D eigenvalue weighted by Crippen LogP contribution is -2.25. The van der Waals surface area contributed by atoms with Crippen LogP contribution in [0.3, 0.4) is 0 Å². The highest BCUT2D eigenvalue weighted by Gasteiger charge is 2.21. The lowest BCUT2D eigenvalue weighted by molar-refractivity contribution is -0.116. The van der Waals surface area contributed by atoms with Crippen LogP contribution in [-0.2, 0) is 9.59 Å². The molecule has 2 amide bonds. The van der Waals surface area contributed by atoms with Crippen molar-refractivity contribution in [3.05, 3.63) is 63.9 Å². The first-order chi connectivity index (χ1) is 14.9. The zero-order chi connectivity index (χ0) is 22.4. The molecule has 1 aromatic heterocycles. The molecule has 0 aliphatic heterocycles. The summed E-state index contributed by atoms with van der Waals surface area (Å²) < 4.78 is 0. The van der Waals surface area contributed by atoms with E-state index in [1.54, 1.807) is 48.5 Å². The van der Waals surface area contributed by atoms with Crippen LogP contribution >= 0.6 is 23.4 Å². The van der Waals surface area contributed by atoms with Crippen molar-refractivity contribution in [2.24, 2.45) is 0 Å². The molecule has 3 aromatic rings. The molecule has 0 saturated carbocycles. The molecule has 31 heavy (non-hydrogen) atoms. The number of nitrogens with one attached hydrogen (secondary N) is 3. The van der Waals surface area contributed by atoms with Crippen molar-refractivity contribution < 1.29 is 9.59 Å². The Labute approximate surface area is 187 Å². The number of para-hydroxylation sites is 1. The topological polar surface area (TPSA) is 117 Å². The van der Waals surface area contributed by atoms with Crippen molar-refractivity contribution >= 4 is 46.6 Å². The van der Waals surface area contributed by atoms with Crippen LogP contribution in [0.25, 0.3) is 11.3 Å².